The Hall–Kier alpha value is -2.71. The molecule has 28 heavy (non-hydrogen) atoms. The smallest absolute Gasteiger partial charge is 0.325 e. The molecular weight excluding hydrogens is 400 g/mol. The van der Waals surface area contributed by atoms with Crippen molar-refractivity contribution in [3.8, 4) is 11.4 Å². The van der Waals surface area contributed by atoms with Crippen LogP contribution < -0.4 is 5.32 Å². The minimum Gasteiger partial charge on any atom is -0.337 e. The second-order valence-electron chi connectivity index (χ2n) is 6.86. The van der Waals surface area contributed by atoms with E-state index in [9.17, 15) is 9.59 Å². The second kappa shape index (κ2) is 6.42. The van der Waals surface area contributed by atoms with Gasteiger partial charge in [0.15, 0.2) is 0 Å². The number of rotatable bonds is 3. The molecule has 0 radical (unpaired) electrons. The van der Waals surface area contributed by atoms with Gasteiger partial charge in [0, 0.05) is 21.0 Å². The molecule has 2 aliphatic rings. The molecule has 1 atom stereocenters. The third-order valence-electron chi connectivity index (χ3n) is 5.20. The molecule has 1 N–H and O–H groups in total. The number of hydrogen-bond donors (Lipinski definition) is 1. The number of aromatic nitrogens is 2. The Kier molecular flexibility index (Phi) is 3.99. The van der Waals surface area contributed by atoms with Gasteiger partial charge in [-0.1, -0.05) is 16.8 Å². The molecule has 3 amide bonds. The molecule has 0 unspecified atom stereocenters. The van der Waals surface area contributed by atoms with Crippen molar-refractivity contribution in [3.63, 3.8) is 0 Å². The van der Waals surface area contributed by atoms with Crippen LogP contribution in [0.3, 0.4) is 0 Å². The number of thiophene rings is 1. The van der Waals surface area contributed by atoms with E-state index in [1.807, 2.05) is 11.4 Å². The van der Waals surface area contributed by atoms with Crippen LogP contribution in [0, 0.1) is 0 Å². The minimum absolute atomic E-state index is 0.0630. The van der Waals surface area contributed by atoms with Crippen LogP contribution in [0.1, 0.15) is 29.2 Å². The highest BCUT2D eigenvalue weighted by Crippen LogP contribution is 2.42. The van der Waals surface area contributed by atoms with Gasteiger partial charge in [0.1, 0.15) is 12.1 Å². The lowest BCUT2D eigenvalue weighted by Gasteiger charge is -2.31. The molecule has 3 heterocycles. The number of fused-ring (bicyclic) bond motifs is 2. The highest BCUT2D eigenvalue weighted by Gasteiger charge is 2.54. The summed E-state index contributed by atoms with van der Waals surface area (Å²) in [5.74, 6) is 0.321. The number of nitrogens with one attached hydrogen (secondary N) is 1. The number of halogens is 1. The molecule has 7 nitrogen and oxygen atoms in total. The van der Waals surface area contributed by atoms with Crippen LogP contribution in [0.5, 0.6) is 0 Å². The average Bonchev–Trinajstić information content (AvgIpc) is 3.40. The quantitative estimate of drug-likeness (QED) is 0.659. The fourth-order valence-corrected chi connectivity index (χ4v) is 4.98. The van der Waals surface area contributed by atoms with E-state index in [0.29, 0.717) is 17.3 Å². The lowest BCUT2D eigenvalue weighted by atomic mass is 9.80. The van der Waals surface area contributed by atoms with E-state index in [2.05, 4.69) is 15.5 Å². The van der Waals surface area contributed by atoms with Crippen molar-refractivity contribution < 1.29 is 14.1 Å². The van der Waals surface area contributed by atoms with Crippen LogP contribution in [-0.4, -0.2) is 27.0 Å². The fraction of sp³-hybridized carbons (Fsp3) is 0.263. The van der Waals surface area contributed by atoms with E-state index < -0.39 is 11.6 Å². The molecule has 2 aromatic heterocycles. The Labute approximate surface area is 169 Å². The number of aryl methyl sites for hydroxylation is 1. The van der Waals surface area contributed by atoms with Crippen molar-refractivity contribution in [2.24, 2.45) is 0 Å². The number of urea groups is 1. The van der Waals surface area contributed by atoms with E-state index >= 15 is 0 Å². The largest absolute Gasteiger partial charge is 0.337 e. The van der Waals surface area contributed by atoms with Gasteiger partial charge in [-0.2, -0.15) is 4.98 Å². The first-order valence-electron chi connectivity index (χ1n) is 8.86. The standard InChI is InChI=1S/C19H15ClN4O3S/c20-12-5-3-11(4-6-12)16-21-15(27-23-16)10-24-17(25)19(22-18(24)26)8-1-2-14-13(19)7-9-28-14/h3-7,9H,1-2,8,10H2,(H,22,26)/t19-/m0/s1. The van der Waals surface area contributed by atoms with Crippen molar-refractivity contribution in [3.05, 3.63) is 57.1 Å². The Morgan fingerprint density at radius 3 is 2.89 bits per heavy atom. The van der Waals surface area contributed by atoms with Gasteiger partial charge >= 0.3 is 6.03 Å². The van der Waals surface area contributed by atoms with Crippen molar-refractivity contribution in [1.82, 2.24) is 20.4 Å². The van der Waals surface area contributed by atoms with E-state index in [1.165, 1.54) is 0 Å². The number of imide groups is 1. The summed E-state index contributed by atoms with van der Waals surface area (Å²) in [7, 11) is 0. The fourth-order valence-electron chi connectivity index (χ4n) is 3.86. The Morgan fingerprint density at radius 2 is 2.07 bits per heavy atom. The van der Waals surface area contributed by atoms with Crippen molar-refractivity contribution in [2.75, 3.05) is 0 Å². The topological polar surface area (TPSA) is 88.3 Å². The van der Waals surface area contributed by atoms with Crippen LogP contribution in [0.15, 0.2) is 40.2 Å². The Morgan fingerprint density at radius 1 is 1.25 bits per heavy atom. The SMILES string of the molecule is O=C1N[C@]2(CCCc3sccc32)C(=O)N1Cc1nc(-c2ccc(Cl)cc2)no1. The van der Waals surface area contributed by atoms with Crippen LogP contribution in [0.2, 0.25) is 5.02 Å². The molecule has 0 bridgehead atoms. The van der Waals surface area contributed by atoms with Gasteiger partial charge in [0.25, 0.3) is 5.91 Å². The lowest BCUT2D eigenvalue weighted by Crippen LogP contribution is -2.46. The summed E-state index contributed by atoms with van der Waals surface area (Å²) in [6.45, 7) is -0.0630. The molecule has 5 rings (SSSR count). The zero-order valence-corrected chi connectivity index (χ0v) is 16.2. The van der Waals surface area contributed by atoms with Crippen LogP contribution >= 0.6 is 22.9 Å². The summed E-state index contributed by atoms with van der Waals surface area (Å²) >= 11 is 7.52. The zero-order chi connectivity index (χ0) is 19.3. The summed E-state index contributed by atoms with van der Waals surface area (Å²) < 4.78 is 5.27. The number of hydrogen-bond acceptors (Lipinski definition) is 6. The maximum absolute atomic E-state index is 13.2. The van der Waals surface area contributed by atoms with Gasteiger partial charge in [0.05, 0.1) is 0 Å². The van der Waals surface area contributed by atoms with Gasteiger partial charge < -0.3 is 9.84 Å². The molecule has 3 aromatic rings. The molecule has 1 aliphatic heterocycles. The van der Waals surface area contributed by atoms with Crippen molar-refractivity contribution in [2.45, 2.75) is 31.3 Å². The van der Waals surface area contributed by atoms with E-state index in [0.717, 1.165) is 33.7 Å². The minimum atomic E-state index is -0.969. The highest BCUT2D eigenvalue weighted by atomic mass is 35.5. The first kappa shape index (κ1) is 17.4. The van der Waals surface area contributed by atoms with Gasteiger partial charge in [-0.25, -0.2) is 4.79 Å². The van der Waals surface area contributed by atoms with Gasteiger partial charge in [0.2, 0.25) is 11.7 Å². The van der Waals surface area contributed by atoms with Crippen LogP contribution in [-0.2, 0) is 23.3 Å². The maximum atomic E-state index is 13.2. The molecule has 1 aliphatic carbocycles. The van der Waals surface area contributed by atoms with E-state index in [1.54, 1.807) is 35.6 Å². The Balaban J connectivity index is 1.41. The number of carbonyl (C=O) groups excluding carboxylic acids is 2. The van der Waals surface area contributed by atoms with Gasteiger partial charge in [-0.3, -0.25) is 9.69 Å². The lowest BCUT2D eigenvalue weighted by molar-refractivity contribution is -0.132. The van der Waals surface area contributed by atoms with Gasteiger partial charge in [-0.15, -0.1) is 11.3 Å². The number of amides is 3. The summed E-state index contributed by atoms with van der Waals surface area (Å²) in [5, 5.41) is 9.44. The monoisotopic (exact) mass is 414 g/mol. The van der Waals surface area contributed by atoms with Crippen molar-refractivity contribution >= 4 is 34.9 Å². The molecule has 1 spiro atoms. The van der Waals surface area contributed by atoms with E-state index in [-0.39, 0.29) is 18.3 Å². The van der Waals surface area contributed by atoms with Crippen LogP contribution in [0.25, 0.3) is 11.4 Å². The number of nitrogens with zero attached hydrogens (tertiary/aromatic N) is 3. The summed E-state index contributed by atoms with van der Waals surface area (Å²) in [6, 6.07) is 8.52. The average molecular weight is 415 g/mol. The molecule has 1 fully saturated rings. The third kappa shape index (κ3) is 2.63. The third-order valence-corrected chi connectivity index (χ3v) is 6.43. The Bertz CT molecular complexity index is 1080. The molecule has 142 valence electrons. The zero-order valence-electron chi connectivity index (χ0n) is 14.6. The summed E-state index contributed by atoms with van der Waals surface area (Å²) in [4.78, 5) is 32.4. The normalized spacial score (nSPS) is 21.2. The van der Waals surface area contributed by atoms with Crippen molar-refractivity contribution in [1.29, 1.82) is 0 Å². The van der Waals surface area contributed by atoms with Crippen LogP contribution in [0.4, 0.5) is 4.79 Å². The molecular formula is C19H15ClN4O3S. The van der Waals surface area contributed by atoms with Gasteiger partial charge in [-0.05, 0) is 55.0 Å². The molecule has 9 heteroatoms. The predicted octanol–water partition coefficient (Wildman–Crippen LogP) is 3.74. The van der Waals surface area contributed by atoms with E-state index in [4.69, 9.17) is 16.1 Å². The second-order valence-corrected chi connectivity index (χ2v) is 8.29. The first-order valence-corrected chi connectivity index (χ1v) is 10.1. The summed E-state index contributed by atoms with van der Waals surface area (Å²) in [5.41, 5.74) is 0.684. The molecule has 1 saturated heterocycles. The molecule has 0 saturated carbocycles. The summed E-state index contributed by atoms with van der Waals surface area (Å²) in [6.07, 6.45) is 2.39. The number of carbonyl (C=O) groups is 2. The highest BCUT2D eigenvalue weighted by molar-refractivity contribution is 7.10. The predicted molar refractivity (Wildman–Crippen MR) is 103 cm³/mol. The first-order chi connectivity index (χ1) is 13.6. The maximum Gasteiger partial charge on any atom is 0.325 e. The molecule has 1 aromatic carbocycles. The number of benzene rings is 1.